The second-order valence-electron chi connectivity index (χ2n) is 12.1. The van der Waals surface area contributed by atoms with Crippen LogP contribution in [0.4, 0.5) is 11.4 Å². The molecule has 0 fully saturated rings. The highest BCUT2D eigenvalue weighted by Crippen LogP contribution is 2.39. The average molecular weight is 633 g/mol. The molecule has 0 aromatic heterocycles. The molecule has 46 heavy (non-hydrogen) atoms. The number of hydrogen-bond donors (Lipinski definition) is 1. The normalized spacial score (nSPS) is 19.2. The predicted octanol–water partition coefficient (Wildman–Crippen LogP) is 5.34. The molecule has 3 aliphatic heterocycles. The number of unbranched alkanes of at least 4 members (excludes halogenated alkanes) is 2. The number of carbonyl (C=O) groups is 2. The molecule has 0 aliphatic carbocycles. The van der Waals surface area contributed by atoms with E-state index in [0.717, 1.165) is 44.0 Å². The number of carbonyl (C=O) groups excluding carboxylic acids is 2. The van der Waals surface area contributed by atoms with Crippen molar-refractivity contribution < 1.29 is 33.6 Å². The molecule has 11 nitrogen and oxygen atoms in total. The predicted molar refractivity (Wildman–Crippen MR) is 177 cm³/mol. The summed E-state index contributed by atoms with van der Waals surface area (Å²) in [6.45, 7) is 4.94. The summed E-state index contributed by atoms with van der Waals surface area (Å²) in [6, 6.07) is 6.68. The molecule has 0 spiro atoms. The van der Waals surface area contributed by atoms with E-state index < -0.39 is 6.23 Å². The van der Waals surface area contributed by atoms with E-state index in [9.17, 15) is 14.7 Å². The number of aliphatic imine (C=N–C) groups is 1. The minimum absolute atomic E-state index is 0.0691. The van der Waals surface area contributed by atoms with Crippen molar-refractivity contribution in [3.05, 3.63) is 58.9 Å². The SMILES string of the molecule is COc1cc2c(cc1OCCCCCOc1cc(N(C)C(O)C3CC(C)=CN3C)c(C=O)cc1OC)N=CC1CC(C)=CN1C2=O. The second-order valence-corrected chi connectivity index (χ2v) is 12.1. The van der Waals surface area contributed by atoms with Gasteiger partial charge >= 0.3 is 0 Å². The lowest BCUT2D eigenvalue weighted by molar-refractivity contribution is 0.0817. The van der Waals surface area contributed by atoms with Crippen LogP contribution in [0.15, 0.2) is 52.8 Å². The third-order valence-corrected chi connectivity index (χ3v) is 8.72. The third kappa shape index (κ3) is 6.84. The quantitative estimate of drug-likeness (QED) is 0.168. The second kappa shape index (κ2) is 14.3. The maximum absolute atomic E-state index is 13.2. The lowest BCUT2D eigenvalue weighted by Gasteiger charge is -2.35. The molecule has 11 heteroatoms. The molecule has 0 radical (unpaired) electrons. The fraction of sp³-hybridized carbons (Fsp3) is 0.457. The summed E-state index contributed by atoms with van der Waals surface area (Å²) in [5.74, 6) is 1.90. The summed E-state index contributed by atoms with van der Waals surface area (Å²) >= 11 is 0. The molecule has 1 amide bonds. The smallest absolute Gasteiger partial charge is 0.260 e. The van der Waals surface area contributed by atoms with Crippen LogP contribution in [0.3, 0.4) is 0 Å². The van der Waals surface area contributed by atoms with Gasteiger partial charge < -0.3 is 38.8 Å². The van der Waals surface area contributed by atoms with Crippen molar-refractivity contribution >= 4 is 29.8 Å². The summed E-state index contributed by atoms with van der Waals surface area (Å²) < 4.78 is 23.2. The zero-order valence-corrected chi connectivity index (χ0v) is 27.5. The van der Waals surface area contributed by atoms with Gasteiger partial charge in [-0.3, -0.25) is 14.6 Å². The van der Waals surface area contributed by atoms with Crippen molar-refractivity contribution in [2.45, 2.75) is 64.3 Å². The van der Waals surface area contributed by atoms with Gasteiger partial charge in [0.05, 0.1) is 56.5 Å². The number of aldehydes is 1. The number of amides is 1. The highest BCUT2D eigenvalue weighted by Gasteiger charge is 2.33. The number of hydrogen-bond acceptors (Lipinski definition) is 10. The number of likely N-dealkylation sites (N-methyl/N-ethyl adjacent to an activating group) is 2. The summed E-state index contributed by atoms with van der Waals surface area (Å²) in [4.78, 5) is 35.2. The van der Waals surface area contributed by atoms with E-state index in [1.165, 1.54) is 12.7 Å². The lowest BCUT2D eigenvalue weighted by atomic mass is 10.1. The van der Waals surface area contributed by atoms with Crippen molar-refractivity contribution in [1.82, 2.24) is 9.80 Å². The van der Waals surface area contributed by atoms with E-state index in [1.807, 2.05) is 44.4 Å². The topological polar surface area (TPSA) is 113 Å². The minimum Gasteiger partial charge on any atom is -0.493 e. The summed E-state index contributed by atoms with van der Waals surface area (Å²) in [6.07, 6.45) is 9.57. The zero-order valence-electron chi connectivity index (χ0n) is 27.5. The molecule has 0 bridgehead atoms. The van der Waals surface area contributed by atoms with Gasteiger partial charge in [0.2, 0.25) is 0 Å². The number of ether oxygens (including phenoxy) is 4. The van der Waals surface area contributed by atoms with Gasteiger partial charge in [0, 0.05) is 44.2 Å². The summed E-state index contributed by atoms with van der Waals surface area (Å²) in [5, 5.41) is 11.2. The van der Waals surface area contributed by atoms with Crippen LogP contribution >= 0.6 is 0 Å². The van der Waals surface area contributed by atoms with Crippen molar-refractivity contribution in [2.24, 2.45) is 4.99 Å². The van der Waals surface area contributed by atoms with E-state index in [1.54, 1.807) is 48.2 Å². The Hall–Kier alpha value is -4.51. The number of aliphatic hydroxyl groups excluding tert-OH is 1. The molecular formula is C35H44N4O7. The Kier molecular flexibility index (Phi) is 10.2. The number of methoxy groups -OCH3 is 2. The largest absolute Gasteiger partial charge is 0.493 e. The highest BCUT2D eigenvalue weighted by molar-refractivity contribution is 6.04. The van der Waals surface area contributed by atoms with Crippen LogP contribution in [0.5, 0.6) is 23.0 Å². The van der Waals surface area contributed by atoms with E-state index in [2.05, 4.69) is 4.99 Å². The molecule has 1 N–H and O–H groups in total. The Balaban J connectivity index is 1.15. The molecule has 0 saturated heterocycles. The summed E-state index contributed by atoms with van der Waals surface area (Å²) in [7, 11) is 6.81. The maximum atomic E-state index is 13.2. The number of benzene rings is 2. The average Bonchev–Trinajstić information content (AvgIpc) is 3.57. The molecule has 246 valence electrons. The van der Waals surface area contributed by atoms with Gasteiger partial charge in [0.15, 0.2) is 29.3 Å². The first-order valence-corrected chi connectivity index (χ1v) is 15.6. The van der Waals surface area contributed by atoms with Gasteiger partial charge in [-0.2, -0.15) is 0 Å². The van der Waals surface area contributed by atoms with Gasteiger partial charge in [0.1, 0.15) is 6.23 Å². The Morgan fingerprint density at radius 3 is 2.24 bits per heavy atom. The highest BCUT2D eigenvalue weighted by atomic mass is 16.5. The van der Waals surface area contributed by atoms with Crippen LogP contribution in [0.25, 0.3) is 0 Å². The third-order valence-electron chi connectivity index (χ3n) is 8.72. The molecule has 2 aromatic rings. The molecule has 3 atom stereocenters. The fourth-order valence-electron chi connectivity index (χ4n) is 6.22. The standard InChI is InChI=1S/C35H44N4O7/c1-22-12-25-18-36-27-16-32(31(44-6)15-26(27)34(41)39(25)20-22)45-10-8-7-9-11-46-33-17-28(24(21-40)14-30(33)43-5)38(4)35(42)29-13-23(2)19-37(29)3/h14-21,25,29,35,42H,7-13H2,1-6H3. The molecule has 3 aliphatic rings. The molecule has 2 aromatic carbocycles. The lowest BCUT2D eigenvalue weighted by Crippen LogP contribution is -2.46. The van der Waals surface area contributed by atoms with Crippen LogP contribution in [0.2, 0.25) is 0 Å². The van der Waals surface area contributed by atoms with Crippen molar-refractivity contribution in [3.63, 3.8) is 0 Å². The number of nitrogens with zero attached hydrogens (tertiary/aromatic N) is 4. The molecular weight excluding hydrogens is 588 g/mol. The van der Waals surface area contributed by atoms with Crippen molar-refractivity contribution in [2.75, 3.05) is 46.4 Å². The Labute approximate surface area is 270 Å². The number of rotatable bonds is 14. The number of anilines is 1. The Bertz CT molecular complexity index is 1550. The van der Waals surface area contributed by atoms with E-state index >= 15 is 0 Å². The van der Waals surface area contributed by atoms with E-state index in [0.29, 0.717) is 58.7 Å². The van der Waals surface area contributed by atoms with Gasteiger partial charge in [-0.15, -0.1) is 0 Å². The molecule has 3 heterocycles. The molecule has 3 unspecified atom stereocenters. The van der Waals surface area contributed by atoms with Crippen molar-refractivity contribution in [1.29, 1.82) is 0 Å². The number of aliphatic hydroxyl groups is 1. The van der Waals surface area contributed by atoms with Gasteiger partial charge in [0.25, 0.3) is 5.91 Å². The van der Waals surface area contributed by atoms with Gasteiger partial charge in [-0.1, -0.05) is 11.1 Å². The van der Waals surface area contributed by atoms with Crippen LogP contribution < -0.4 is 23.8 Å². The zero-order chi connectivity index (χ0) is 33.0. The Morgan fingerprint density at radius 1 is 0.957 bits per heavy atom. The number of fused-ring (bicyclic) bond motifs is 2. The maximum Gasteiger partial charge on any atom is 0.260 e. The molecule has 5 rings (SSSR count). The van der Waals surface area contributed by atoms with E-state index in [4.69, 9.17) is 18.9 Å². The van der Waals surface area contributed by atoms with Crippen molar-refractivity contribution in [3.8, 4) is 23.0 Å². The van der Waals surface area contributed by atoms with Crippen LogP contribution in [-0.2, 0) is 0 Å². The minimum atomic E-state index is -0.831. The summed E-state index contributed by atoms with van der Waals surface area (Å²) in [5.41, 5.74) is 4.37. The van der Waals surface area contributed by atoms with Crippen LogP contribution in [0.1, 0.15) is 66.7 Å². The monoisotopic (exact) mass is 632 g/mol. The first kappa shape index (κ1) is 32.9. The fourth-order valence-corrected chi connectivity index (χ4v) is 6.22. The van der Waals surface area contributed by atoms with Gasteiger partial charge in [-0.05, 0) is 64.3 Å². The van der Waals surface area contributed by atoms with Crippen LogP contribution in [-0.4, -0.2) is 93.2 Å². The van der Waals surface area contributed by atoms with E-state index in [-0.39, 0.29) is 18.0 Å². The molecule has 0 saturated carbocycles. The van der Waals surface area contributed by atoms with Crippen LogP contribution in [0, 0.1) is 0 Å². The van der Waals surface area contributed by atoms with Gasteiger partial charge in [-0.25, -0.2) is 0 Å². The first-order valence-electron chi connectivity index (χ1n) is 15.6. The Morgan fingerprint density at radius 2 is 1.61 bits per heavy atom. The first-order chi connectivity index (χ1) is 22.1.